The number of benzene rings is 2. The molecule has 0 aliphatic heterocycles. The Morgan fingerprint density at radius 3 is 2.45 bits per heavy atom. The number of anilines is 1. The second-order valence-corrected chi connectivity index (χ2v) is 8.07. The molecule has 1 N–H and O–H groups in total. The largest absolute Gasteiger partial charge is 0.495 e. The number of carbonyl (C=O) groups is 1. The summed E-state index contributed by atoms with van der Waals surface area (Å²) in [7, 11) is 4.73. The van der Waals surface area contributed by atoms with Crippen molar-refractivity contribution in [2.45, 2.75) is 11.9 Å². The SMILES string of the molecule is COc1ccc(C)cc1NC(=O)CSc1ccc2nnc(-c3ccc(OC)c(OC)c3)n2n1. The minimum atomic E-state index is -0.158. The minimum absolute atomic E-state index is 0.158. The molecule has 0 unspecified atom stereocenters. The van der Waals surface area contributed by atoms with Gasteiger partial charge in [-0.1, -0.05) is 17.8 Å². The van der Waals surface area contributed by atoms with Gasteiger partial charge in [-0.25, -0.2) is 0 Å². The standard InChI is InChI=1S/C23H23N5O4S/c1-14-5-7-17(30-2)16(11-14)24-21(29)13-33-22-10-9-20-25-26-23(28(20)27-22)15-6-8-18(31-3)19(12-15)32-4/h5-12H,13H2,1-4H3,(H,24,29). The fourth-order valence-corrected chi connectivity index (χ4v) is 3.90. The van der Waals surface area contributed by atoms with Crippen LogP contribution in [0.25, 0.3) is 17.0 Å². The van der Waals surface area contributed by atoms with Gasteiger partial charge in [-0.05, 0) is 55.0 Å². The summed E-state index contributed by atoms with van der Waals surface area (Å²) >= 11 is 1.32. The molecule has 9 nitrogen and oxygen atoms in total. The van der Waals surface area contributed by atoms with Crippen molar-refractivity contribution in [3.8, 4) is 28.6 Å². The number of aromatic nitrogens is 4. The van der Waals surface area contributed by atoms with E-state index in [9.17, 15) is 4.79 Å². The van der Waals surface area contributed by atoms with Crippen molar-refractivity contribution < 1.29 is 19.0 Å². The third-order valence-electron chi connectivity index (χ3n) is 4.86. The lowest BCUT2D eigenvalue weighted by molar-refractivity contribution is -0.113. The molecule has 0 atom stereocenters. The maximum atomic E-state index is 12.5. The van der Waals surface area contributed by atoms with Crippen LogP contribution in [-0.2, 0) is 4.79 Å². The van der Waals surface area contributed by atoms with E-state index in [0.717, 1.165) is 11.1 Å². The lowest BCUT2D eigenvalue weighted by Gasteiger charge is -2.11. The average molecular weight is 466 g/mol. The van der Waals surface area contributed by atoms with Gasteiger partial charge < -0.3 is 19.5 Å². The number of nitrogens with one attached hydrogen (secondary N) is 1. The molecule has 0 aliphatic carbocycles. The minimum Gasteiger partial charge on any atom is -0.495 e. The summed E-state index contributed by atoms with van der Waals surface area (Å²) in [6.45, 7) is 1.96. The number of methoxy groups -OCH3 is 3. The van der Waals surface area contributed by atoms with Crippen molar-refractivity contribution in [3.63, 3.8) is 0 Å². The highest BCUT2D eigenvalue weighted by atomic mass is 32.2. The van der Waals surface area contributed by atoms with E-state index in [2.05, 4.69) is 20.6 Å². The number of ether oxygens (including phenoxy) is 3. The summed E-state index contributed by atoms with van der Waals surface area (Å²) in [4.78, 5) is 12.5. The average Bonchev–Trinajstić information content (AvgIpc) is 3.25. The monoisotopic (exact) mass is 465 g/mol. The predicted molar refractivity (Wildman–Crippen MR) is 126 cm³/mol. The van der Waals surface area contributed by atoms with Crippen LogP contribution in [0, 0.1) is 6.92 Å². The van der Waals surface area contributed by atoms with Gasteiger partial charge in [0.25, 0.3) is 0 Å². The predicted octanol–water partition coefficient (Wildman–Crippen LogP) is 3.86. The zero-order valence-electron chi connectivity index (χ0n) is 18.7. The molecule has 0 saturated carbocycles. The first kappa shape index (κ1) is 22.4. The number of carbonyl (C=O) groups excluding carboxylic acids is 1. The van der Waals surface area contributed by atoms with Crippen molar-refractivity contribution in [2.75, 3.05) is 32.4 Å². The van der Waals surface area contributed by atoms with Crippen molar-refractivity contribution >= 4 is 29.0 Å². The van der Waals surface area contributed by atoms with Gasteiger partial charge in [-0.15, -0.1) is 10.2 Å². The van der Waals surface area contributed by atoms with Gasteiger partial charge in [-0.2, -0.15) is 9.61 Å². The molecule has 0 bridgehead atoms. The van der Waals surface area contributed by atoms with Crippen LogP contribution in [0.4, 0.5) is 5.69 Å². The lowest BCUT2D eigenvalue weighted by Crippen LogP contribution is -2.15. The van der Waals surface area contributed by atoms with Crippen LogP contribution >= 0.6 is 11.8 Å². The van der Waals surface area contributed by atoms with Gasteiger partial charge >= 0.3 is 0 Å². The molecular formula is C23H23N5O4S. The molecule has 33 heavy (non-hydrogen) atoms. The van der Waals surface area contributed by atoms with Gasteiger partial charge in [0.1, 0.15) is 10.8 Å². The summed E-state index contributed by atoms with van der Waals surface area (Å²) < 4.78 is 17.7. The van der Waals surface area contributed by atoms with Crippen molar-refractivity contribution in [1.82, 2.24) is 19.8 Å². The molecule has 1 amide bonds. The topological polar surface area (TPSA) is 99.9 Å². The molecular weight excluding hydrogens is 442 g/mol. The molecule has 0 aliphatic rings. The Labute approximate surface area is 195 Å². The number of amides is 1. The molecule has 170 valence electrons. The Kier molecular flexibility index (Phi) is 6.64. The smallest absolute Gasteiger partial charge is 0.234 e. The maximum absolute atomic E-state index is 12.5. The first-order valence-electron chi connectivity index (χ1n) is 10.0. The van der Waals surface area contributed by atoms with Gasteiger partial charge in [0.15, 0.2) is 23.0 Å². The third-order valence-corrected chi connectivity index (χ3v) is 5.78. The first-order chi connectivity index (χ1) is 16.0. The van der Waals surface area contributed by atoms with Crippen molar-refractivity contribution in [2.24, 2.45) is 0 Å². The fraction of sp³-hybridized carbons (Fsp3) is 0.217. The summed E-state index contributed by atoms with van der Waals surface area (Å²) in [6.07, 6.45) is 0. The van der Waals surface area contributed by atoms with E-state index < -0.39 is 0 Å². The van der Waals surface area contributed by atoms with Crippen LogP contribution < -0.4 is 19.5 Å². The number of thioether (sulfide) groups is 1. The zero-order chi connectivity index (χ0) is 23.4. The van der Waals surface area contributed by atoms with Crippen molar-refractivity contribution in [1.29, 1.82) is 0 Å². The van der Waals surface area contributed by atoms with Gasteiger partial charge in [0, 0.05) is 5.56 Å². The molecule has 10 heteroatoms. The fourth-order valence-electron chi connectivity index (χ4n) is 3.25. The van der Waals surface area contributed by atoms with E-state index in [4.69, 9.17) is 14.2 Å². The summed E-state index contributed by atoms with van der Waals surface area (Å²) in [5, 5.41) is 16.6. The summed E-state index contributed by atoms with van der Waals surface area (Å²) in [5.74, 6) is 2.40. The Bertz CT molecular complexity index is 1310. The second-order valence-electron chi connectivity index (χ2n) is 7.08. The van der Waals surface area contributed by atoms with E-state index in [1.165, 1.54) is 11.8 Å². The zero-order valence-corrected chi connectivity index (χ0v) is 19.5. The number of rotatable bonds is 8. The van der Waals surface area contributed by atoms with Crippen LogP contribution in [0.15, 0.2) is 53.6 Å². The molecule has 2 aromatic heterocycles. The van der Waals surface area contributed by atoms with E-state index in [1.54, 1.807) is 31.9 Å². The molecule has 2 heterocycles. The van der Waals surface area contributed by atoms with Crippen LogP contribution in [-0.4, -0.2) is 52.8 Å². The van der Waals surface area contributed by atoms with E-state index in [-0.39, 0.29) is 11.7 Å². The Morgan fingerprint density at radius 2 is 1.70 bits per heavy atom. The Morgan fingerprint density at radius 1 is 0.939 bits per heavy atom. The van der Waals surface area contributed by atoms with Crippen molar-refractivity contribution in [3.05, 3.63) is 54.1 Å². The molecule has 0 saturated heterocycles. The van der Waals surface area contributed by atoms with Crippen LogP contribution in [0.3, 0.4) is 0 Å². The molecule has 2 aromatic carbocycles. The van der Waals surface area contributed by atoms with E-state index >= 15 is 0 Å². The van der Waals surface area contributed by atoms with E-state index in [0.29, 0.717) is 39.4 Å². The quantitative estimate of drug-likeness (QED) is 0.392. The highest BCUT2D eigenvalue weighted by Gasteiger charge is 2.14. The highest BCUT2D eigenvalue weighted by Crippen LogP contribution is 2.32. The number of hydrogen-bond donors (Lipinski definition) is 1. The Balaban J connectivity index is 1.52. The third kappa shape index (κ3) is 4.85. The first-order valence-corrected chi connectivity index (χ1v) is 11.0. The molecule has 4 aromatic rings. The van der Waals surface area contributed by atoms with Crippen LogP contribution in [0.2, 0.25) is 0 Å². The van der Waals surface area contributed by atoms with Crippen LogP contribution in [0.5, 0.6) is 17.2 Å². The lowest BCUT2D eigenvalue weighted by atomic mass is 10.2. The number of hydrogen-bond acceptors (Lipinski definition) is 8. The molecule has 0 fully saturated rings. The number of aryl methyl sites for hydroxylation is 1. The normalized spacial score (nSPS) is 10.8. The van der Waals surface area contributed by atoms with Crippen LogP contribution in [0.1, 0.15) is 5.56 Å². The number of nitrogens with zero attached hydrogens (tertiary/aromatic N) is 4. The van der Waals surface area contributed by atoms with Gasteiger partial charge in [0.05, 0.1) is 32.8 Å². The van der Waals surface area contributed by atoms with Gasteiger partial charge in [0.2, 0.25) is 5.91 Å². The molecule has 0 spiro atoms. The molecule has 4 rings (SSSR count). The highest BCUT2D eigenvalue weighted by molar-refractivity contribution is 7.99. The van der Waals surface area contributed by atoms with Gasteiger partial charge in [-0.3, -0.25) is 4.79 Å². The Hall–Kier alpha value is -3.79. The summed E-state index contributed by atoms with van der Waals surface area (Å²) in [5.41, 5.74) is 3.04. The summed E-state index contributed by atoms with van der Waals surface area (Å²) in [6, 6.07) is 14.7. The number of fused-ring (bicyclic) bond motifs is 1. The second kappa shape index (κ2) is 9.78. The molecule has 0 radical (unpaired) electrons. The maximum Gasteiger partial charge on any atom is 0.234 e. The van der Waals surface area contributed by atoms with E-state index in [1.807, 2.05) is 49.4 Å².